The summed E-state index contributed by atoms with van der Waals surface area (Å²) in [6.45, 7) is 0.395. The zero-order valence-electron chi connectivity index (χ0n) is 17.2. The van der Waals surface area contributed by atoms with Crippen molar-refractivity contribution in [2.75, 3.05) is 28.3 Å². The number of aromatic nitrogens is 1. The molecule has 10 heteroatoms. The van der Waals surface area contributed by atoms with E-state index in [1.54, 1.807) is 11.0 Å². The summed E-state index contributed by atoms with van der Waals surface area (Å²) in [7, 11) is 0. The van der Waals surface area contributed by atoms with Crippen LogP contribution in [-0.4, -0.2) is 24.1 Å². The van der Waals surface area contributed by atoms with Gasteiger partial charge in [-0.1, -0.05) is 0 Å². The molecule has 0 saturated carbocycles. The van der Waals surface area contributed by atoms with Crippen molar-refractivity contribution in [1.82, 2.24) is 4.98 Å². The summed E-state index contributed by atoms with van der Waals surface area (Å²) in [6, 6.07) is 9.99. The highest BCUT2D eigenvalue weighted by atomic mass is 19.4. The fourth-order valence-corrected chi connectivity index (χ4v) is 4.27. The monoisotopic (exact) mass is 458 g/mol. The predicted octanol–water partition coefficient (Wildman–Crippen LogP) is 4.65. The Kier molecular flexibility index (Phi) is 4.88. The molecule has 3 heterocycles. The van der Waals surface area contributed by atoms with E-state index in [2.05, 4.69) is 10.3 Å². The lowest BCUT2D eigenvalue weighted by Gasteiger charge is -2.39. The summed E-state index contributed by atoms with van der Waals surface area (Å²) in [5, 5.41) is 3.09. The molecule has 2 aromatic carbocycles. The van der Waals surface area contributed by atoms with Crippen LogP contribution in [0.2, 0.25) is 0 Å². The number of anilines is 4. The first-order chi connectivity index (χ1) is 15.7. The summed E-state index contributed by atoms with van der Waals surface area (Å²) in [5.41, 5.74) is 0.429. The molecule has 1 aromatic heterocycles. The molecule has 5 rings (SSSR count). The number of aryl methyl sites for hydroxylation is 1. The minimum Gasteiger partial charge on any atom is -0.370 e. The number of halogens is 4. The molecule has 1 amide bonds. The molecule has 0 spiro atoms. The molecule has 6 nitrogen and oxygen atoms in total. The van der Waals surface area contributed by atoms with E-state index in [0.717, 1.165) is 12.1 Å². The number of H-pyrrole nitrogens is 1. The lowest BCUT2D eigenvalue weighted by molar-refractivity contribution is -0.137. The average Bonchev–Trinajstić information content (AvgIpc) is 2.79. The predicted molar refractivity (Wildman–Crippen MR) is 116 cm³/mol. The highest BCUT2D eigenvalue weighted by molar-refractivity contribution is 6.13. The van der Waals surface area contributed by atoms with Crippen LogP contribution in [-0.2, 0) is 12.6 Å². The standard InChI is InChI=1S/C23H18F4N4O2/c24-15-4-6-17-13(10-15)2-1-9-28-21-19(7-8-20(32)29-21)31-12-30(17)18-5-3-14(23(25,26)27)11-16(18)22(31)33/h3-8,10-11H,1-2,9,12H2,(H2,28,29,32). The van der Waals surface area contributed by atoms with Gasteiger partial charge in [-0.25, -0.2) is 4.39 Å². The smallest absolute Gasteiger partial charge is 0.370 e. The van der Waals surface area contributed by atoms with E-state index >= 15 is 0 Å². The third kappa shape index (κ3) is 3.71. The van der Waals surface area contributed by atoms with E-state index in [4.69, 9.17) is 0 Å². The van der Waals surface area contributed by atoms with Crippen molar-refractivity contribution >= 4 is 28.8 Å². The number of carbonyl (C=O) groups is 1. The first-order valence-corrected chi connectivity index (χ1v) is 10.3. The topological polar surface area (TPSA) is 68.4 Å². The van der Waals surface area contributed by atoms with Gasteiger partial charge in [0.15, 0.2) is 0 Å². The lowest BCUT2D eigenvalue weighted by atomic mass is 10.0. The second-order valence-corrected chi connectivity index (χ2v) is 7.92. The Balaban J connectivity index is 1.76. The quantitative estimate of drug-likeness (QED) is 0.482. The second-order valence-electron chi connectivity index (χ2n) is 7.92. The molecule has 2 aliphatic heterocycles. The normalized spacial score (nSPS) is 15.7. The number of amides is 1. The molecule has 33 heavy (non-hydrogen) atoms. The summed E-state index contributed by atoms with van der Waals surface area (Å²) < 4.78 is 54.3. The van der Waals surface area contributed by atoms with Gasteiger partial charge in [0.1, 0.15) is 18.3 Å². The first kappa shape index (κ1) is 21.0. The molecule has 0 saturated heterocycles. The lowest BCUT2D eigenvalue weighted by Crippen LogP contribution is -2.45. The Morgan fingerprint density at radius 1 is 0.879 bits per heavy atom. The molecule has 3 aromatic rings. The number of aromatic amines is 1. The van der Waals surface area contributed by atoms with Crippen LogP contribution >= 0.6 is 0 Å². The Morgan fingerprint density at radius 2 is 1.64 bits per heavy atom. The number of nitrogens with zero attached hydrogens (tertiary/aromatic N) is 2. The van der Waals surface area contributed by atoms with Crippen molar-refractivity contribution in [3.8, 4) is 0 Å². The molecule has 0 aliphatic carbocycles. The van der Waals surface area contributed by atoms with Crippen LogP contribution in [0.5, 0.6) is 0 Å². The van der Waals surface area contributed by atoms with Crippen LogP contribution < -0.4 is 20.7 Å². The van der Waals surface area contributed by atoms with E-state index in [1.165, 1.54) is 35.2 Å². The van der Waals surface area contributed by atoms with Crippen LogP contribution in [0.15, 0.2) is 53.3 Å². The minimum absolute atomic E-state index is 0.0312. The second kappa shape index (κ2) is 7.65. The highest BCUT2D eigenvalue weighted by Crippen LogP contribution is 2.41. The van der Waals surface area contributed by atoms with Gasteiger partial charge in [0, 0.05) is 18.3 Å². The highest BCUT2D eigenvalue weighted by Gasteiger charge is 2.37. The molecular formula is C23H18F4N4O2. The van der Waals surface area contributed by atoms with E-state index in [9.17, 15) is 27.2 Å². The number of alkyl halides is 3. The van der Waals surface area contributed by atoms with Gasteiger partial charge < -0.3 is 15.2 Å². The number of fused-ring (bicyclic) bond motifs is 8. The van der Waals surface area contributed by atoms with Crippen molar-refractivity contribution in [2.24, 2.45) is 0 Å². The van der Waals surface area contributed by atoms with Crippen molar-refractivity contribution in [1.29, 1.82) is 0 Å². The van der Waals surface area contributed by atoms with E-state index in [-0.39, 0.29) is 17.8 Å². The number of benzene rings is 2. The van der Waals surface area contributed by atoms with Gasteiger partial charge in [-0.2, -0.15) is 13.2 Å². The van der Waals surface area contributed by atoms with E-state index in [0.29, 0.717) is 47.8 Å². The summed E-state index contributed by atoms with van der Waals surface area (Å²) in [6.07, 6.45) is -3.56. The maximum Gasteiger partial charge on any atom is 0.416 e. The number of rotatable bonds is 0. The minimum atomic E-state index is -4.63. The zero-order chi connectivity index (χ0) is 23.3. The maximum absolute atomic E-state index is 14.1. The third-order valence-electron chi connectivity index (χ3n) is 5.82. The third-order valence-corrected chi connectivity index (χ3v) is 5.82. The molecule has 2 aliphatic rings. The van der Waals surface area contributed by atoms with Gasteiger partial charge in [0.05, 0.1) is 22.5 Å². The van der Waals surface area contributed by atoms with E-state index in [1.807, 2.05) is 0 Å². The fourth-order valence-electron chi connectivity index (χ4n) is 4.27. The Bertz CT molecular complexity index is 1320. The van der Waals surface area contributed by atoms with Gasteiger partial charge in [0.25, 0.3) is 5.91 Å². The van der Waals surface area contributed by atoms with Gasteiger partial charge in [-0.15, -0.1) is 0 Å². The summed E-state index contributed by atoms with van der Waals surface area (Å²) in [5.74, 6) is -0.768. The maximum atomic E-state index is 14.1. The molecule has 2 N–H and O–H groups in total. The van der Waals surface area contributed by atoms with Crippen LogP contribution in [0, 0.1) is 5.82 Å². The van der Waals surface area contributed by atoms with Crippen LogP contribution in [0.25, 0.3) is 0 Å². The Hall–Kier alpha value is -3.82. The molecular weight excluding hydrogens is 440 g/mol. The van der Waals surface area contributed by atoms with Crippen molar-refractivity contribution in [3.05, 3.63) is 81.4 Å². The molecule has 0 atom stereocenters. The van der Waals surface area contributed by atoms with Gasteiger partial charge >= 0.3 is 6.18 Å². The number of nitrogens with one attached hydrogen (secondary N) is 2. The van der Waals surface area contributed by atoms with E-state index < -0.39 is 23.5 Å². The molecule has 170 valence electrons. The Morgan fingerprint density at radius 3 is 2.42 bits per heavy atom. The zero-order valence-corrected chi connectivity index (χ0v) is 17.2. The van der Waals surface area contributed by atoms with Crippen LogP contribution in [0.3, 0.4) is 0 Å². The van der Waals surface area contributed by atoms with Gasteiger partial charge in [-0.3, -0.25) is 14.5 Å². The number of pyridine rings is 1. The van der Waals surface area contributed by atoms with Gasteiger partial charge in [0.2, 0.25) is 5.56 Å². The molecule has 0 radical (unpaired) electrons. The average molecular weight is 458 g/mol. The number of hydrogen-bond acceptors (Lipinski definition) is 4. The number of carbonyl (C=O) groups excluding carboxylic acids is 1. The SMILES string of the molecule is O=C1c2cc(C(F)(F)F)ccc2N2CN1c1ccc(=O)[nH]c1NCCCc1cc(F)ccc12. The molecule has 2 bridgehead atoms. The fraction of sp³-hybridized carbons (Fsp3) is 0.217. The van der Waals surface area contributed by atoms with Crippen LogP contribution in [0.4, 0.5) is 40.4 Å². The molecule has 0 fully saturated rings. The van der Waals surface area contributed by atoms with Gasteiger partial charge in [-0.05, 0) is 60.9 Å². The largest absolute Gasteiger partial charge is 0.416 e. The van der Waals surface area contributed by atoms with Crippen molar-refractivity contribution in [3.63, 3.8) is 0 Å². The Labute approximate surface area is 185 Å². The van der Waals surface area contributed by atoms with Crippen molar-refractivity contribution < 1.29 is 22.4 Å². The number of hydrogen-bond donors (Lipinski definition) is 2. The van der Waals surface area contributed by atoms with Crippen LogP contribution in [0.1, 0.15) is 27.9 Å². The first-order valence-electron chi connectivity index (χ1n) is 10.3. The molecule has 0 unspecified atom stereocenters. The summed E-state index contributed by atoms with van der Waals surface area (Å²) in [4.78, 5) is 31.0. The van der Waals surface area contributed by atoms with Crippen molar-refractivity contribution in [2.45, 2.75) is 19.0 Å². The summed E-state index contributed by atoms with van der Waals surface area (Å²) >= 11 is 0.